The Bertz CT molecular complexity index is 1200. The number of benzene rings is 1. The molecule has 0 radical (unpaired) electrons. The number of amides is 1. The van der Waals surface area contributed by atoms with Crippen LogP contribution in [0.3, 0.4) is 0 Å². The number of hydrogen-bond donors (Lipinski definition) is 2. The molecule has 0 fully saturated rings. The highest BCUT2D eigenvalue weighted by Gasteiger charge is 2.54. The fourth-order valence-corrected chi connectivity index (χ4v) is 7.92. The molecule has 1 aliphatic rings. The maximum absolute atomic E-state index is 13.0. The molecule has 12 heteroatoms. The number of sulfone groups is 1. The third-order valence-electron chi connectivity index (χ3n) is 5.03. The predicted octanol–water partition coefficient (Wildman–Crippen LogP) is 0.557. The molecule has 0 bridgehead atoms. The van der Waals surface area contributed by atoms with Crippen molar-refractivity contribution in [2.24, 2.45) is 5.14 Å². The van der Waals surface area contributed by atoms with Crippen LogP contribution in [0.15, 0.2) is 44.8 Å². The van der Waals surface area contributed by atoms with Gasteiger partial charge in [0.1, 0.15) is 8.42 Å². The molecule has 1 aliphatic heterocycles. The van der Waals surface area contributed by atoms with Crippen LogP contribution < -0.4 is 10.5 Å². The van der Waals surface area contributed by atoms with E-state index in [1.54, 1.807) is 30.3 Å². The summed E-state index contributed by atoms with van der Waals surface area (Å²) in [5.74, 6) is -2.17. The Labute approximate surface area is 178 Å². The van der Waals surface area contributed by atoms with Crippen LogP contribution in [-0.4, -0.2) is 47.1 Å². The van der Waals surface area contributed by atoms with Gasteiger partial charge in [-0.05, 0) is 24.1 Å². The van der Waals surface area contributed by atoms with E-state index in [0.29, 0.717) is 16.9 Å². The Morgan fingerprint density at radius 2 is 1.93 bits per heavy atom. The number of thiophene rings is 1. The van der Waals surface area contributed by atoms with Crippen molar-refractivity contribution in [3.63, 3.8) is 0 Å². The Kier molecular flexibility index (Phi) is 5.80. The summed E-state index contributed by atoms with van der Waals surface area (Å²) in [6, 6.07) is 9.83. The van der Waals surface area contributed by atoms with Crippen LogP contribution in [0.1, 0.15) is 24.0 Å². The van der Waals surface area contributed by atoms with Crippen LogP contribution in [0.5, 0.6) is 0 Å². The lowest BCUT2D eigenvalue weighted by Gasteiger charge is -2.24. The number of hydrogen-bond acceptors (Lipinski definition) is 8. The molecule has 30 heavy (non-hydrogen) atoms. The Morgan fingerprint density at radius 1 is 1.30 bits per heavy atom. The molecule has 1 aromatic heterocycles. The summed E-state index contributed by atoms with van der Waals surface area (Å²) in [5, 5.41) is 7.62. The third-order valence-corrected chi connectivity index (χ3v) is 10.6. The fourth-order valence-electron chi connectivity index (χ4n) is 3.29. The molecule has 1 aromatic carbocycles. The van der Waals surface area contributed by atoms with Gasteiger partial charge < -0.3 is 10.1 Å². The first-order chi connectivity index (χ1) is 13.9. The van der Waals surface area contributed by atoms with E-state index in [0.717, 1.165) is 0 Å². The highest BCUT2D eigenvalue weighted by molar-refractivity contribution is 7.97. The lowest BCUT2D eigenvalue weighted by atomic mass is 9.98. The number of sulfonamides is 1. The molecular formula is C18H20N2O7S3. The topological polar surface area (TPSA) is 150 Å². The predicted molar refractivity (Wildman–Crippen MR) is 109 cm³/mol. The first-order valence-corrected chi connectivity index (χ1v) is 12.6. The molecule has 0 saturated heterocycles. The molecule has 0 aliphatic carbocycles. The standard InChI is InChI=1S/C18H20N2O7S3/c1-18(9-12-8-14(30(19,25)26)28-16(12)29(18,23)24)17(22)20-10-13(15(21)27-2)11-6-4-3-5-7-11/h3-8,13H,9-10H2,1-2H3,(H,20,22)(H2,19,25,26)/t13-,18+/m0/s1. The van der Waals surface area contributed by atoms with Gasteiger partial charge >= 0.3 is 5.97 Å². The Balaban J connectivity index is 1.84. The SMILES string of the molecule is COC(=O)[C@@H](CNC(=O)[C@@]1(C)Cc2cc(S(N)(=O)=O)sc2S1(=O)=O)c1ccccc1. The van der Waals surface area contributed by atoms with Gasteiger partial charge in [-0.3, -0.25) is 9.59 Å². The van der Waals surface area contributed by atoms with E-state index in [1.807, 2.05) is 0 Å². The molecule has 0 spiro atoms. The monoisotopic (exact) mass is 472 g/mol. The van der Waals surface area contributed by atoms with Gasteiger partial charge in [0.05, 0.1) is 13.0 Å². The van der Waals surface area contributed by atoms with Gasteiger partial charge in [-0.2, -0.15) is 0 Å². The second-order valence-corrected chi connectivity index (χ2v) is 12.4. The summed E-state index contributed by atoms with van der Waals surface area (Å²) >= 11 is 0.530. The number of carbonyl (C=O) groups is 2. The van der Waals surface area contributed by atoms with Crippen molar-refractivity contribution in [2.45, 2.75) is 32.4 Å². The molecule has 3 rings (SSSR count). The minimum absolute atomic E-state index is 0.156. The molecular weight excluding hydrogens is 452 g/mol. The summed E-state index contributed by atoms with van der Waals surface area (Å²) in [7, 11) is -6.98. The van der Waals surface area contributed by atoms with Crippen molar-refractivity contribution in [1.29, 1.82) is 0 Å². The maximum atomic E-state index is 13.0. The summed E-state index contributed by atoms with van der Waals surface area (Å²) in [5.41, 5.74) is 0.843. The number of nitrogens with one attached hydrogen (secondary N) is 1. The van der Waals surface area contributed by atoms with Crippen molar-refractivity contribution < 1.29 is 31.2 Å². The van der Waals surface area contributed by atoms with Crippen LogP contribution in [0.25, 0.3) is 0 Å². The zero-order chi connectivity index (χ0) is 22.3. The van der Waals surface area contributed by atoms with Crippen molar-refractivity contribution in [3.8, 4) is 0 Å². The van der Waals surface area contributed by atoms with Gasteiger partial charge in [-0.25, -0.2) is 22.0 Å². The van der Waals surface area contributed by atoms with Crippen LogP contribution in [0, 0.1) is 0 Å². The molecule has 0 unspecified atom stereocenters. The molecule has 2 atom stereocenters. The van der Waals surface area contributed by atoms with Gasteiger partial charge in [0, 0.05) is 13.0 Å². The highest BCUT2D eigenvalue weighted by Crippen LogP contribution is 2.45. The summed E-state index contributed by atoms with van der Waals surface area (Å²) in [6.45, 7) is 1.12. The highest BCUT2D eigenvalue weighted by atomic mass is 32.3. The lowest BCUT2D eigenvalue weighted by molar-refractivity contribution is -0.142. The first-order valence-electron chi connectivity index (χ1n) is 8.73. The number of primary sulfonamides is 1. The molecule has 9 nitrogen and oxygen atoms in total. The van der Waals surface area contributed by atoms with Crippen molar-refractivity contribution in [2.75, 3.05) is 13.7 Å². The van der Waals surface area contributed by atoms with E-state index < -0.39 is 42.4 Å². The molecule has 2 heterocycles. The number of nitrogens with two attached hydrogens (primary N) is 1. The first kappa shape index (κ1) is 22.4. The number of fused-ring (bicyclic) bond motifs is 1. The van der Waals surface area contributed by atoms with Gasteiger partial charge in [-0.15, -0.1) is 11.3 Å². The molecule has 1 amide bonds. The zero-order valence-corrected chi connectivity index (χ0v) is 18.6. The van der Waals surface area contributed by atoms with E-state index in [-0.39, 0.29) is 26.9 Å². The minimum atomic E-state index is -4.15. The third kappa shape index (κ3) is 3.75. The average Bonchev–Trinajstić information content (AvgIpc) is 3.20. The van der Waals surface area contributed by atoms with Gasteiger partial charge in [0.25, 0.3) is 0 Å². The minimum Gasteiger partial charge on any atom is -0.468 e. The number of ether oxygens (including phenoxy) is 1. The average molecular weight is 473 g/mol. The van der Waals surface area contributed by atoms with Crippen molar-refractivity contribution in [1.82, 2.24) is 5.32 Å². The van der Waals surface area contributed by atoms with Crippen LogP contribution >= 0.6 is 11.3 Å². The van der Waals surface area contributed by atoms with Gasteiger partial charge in [-0.1, -0.05) is 30.3 Å². The van der Waals surface area contributed by atoms with E-state index in [1.165, 1.54) is 20.1 Å². The van der Waals surface area contributed by atoms with E-state index in [4.69, 9.17) is 9.88 Å². The summed E-state index contributed by atoms with van der Waals surface area (Å²) in [6.07, 6.45) is -0.198. The normalized spacial score (nSPS) is 20.9. The number of esters is 1. The van der Waals surface area contributed by atoms with E-state index >= 15 is 0 Å². The number of rotatable bonds is 6. The van der Waals surface area contributed by atoms with Crippen molar-refractivity contribution in [3.05, 3.63) is 47.5 Å². The van der Waals surface area contributed by atoms with Gasteiger partial charge in [0.2, 0.25) is 25.8 Å². The lowest BCUT2D eigenvalue weighted by Crippen LogP contribution is -2.50. The second-order valence-electron chi connectivity index (χ2n) is 7.03. The Hall–Kier alpha value is -2.28. The quantitative estimate of drug-likeness (QED) is 0.583. The molecule has 0 saturated carbocycles. The smallest absolute Gasteiger partial charge is 0.314 e. The summed E-state index contributed by atoms with van der Waals surface area (Å²) < 4.78 is 51.6. The van der Waals surface area contributed by atoms with Crippen molar-refractivity contribution >= 4 is 43.1 Å². The van der Waals surface area contributed by atoms with E-state index in [2.05, 4.69) is 5.32 Å². The van der Waals surface area contributed by atoms with Crippen LogP contribution in [-0.2, 0) is 40.6 Å². The van der Waals surface area contributed by atoms with Gasteiger partial charge in [0.15, 0.2) is 4.75 Å². The number of methoxy groups -OCH3 is 1. The fraction of sp³-hybridized carbons (Fsp3) is 0.333. The summed E-state index contributed by atoms with van der Waals surface area (Å²) in [4.78, 5) is 25.1. The van der Waals surface area contributed by atoms with Crippen LogP contribution in [0.2, 0.25) is 0 Å². The zero-order valence-electron chi connectivity index (χ0n) is 16.1. The second kappa shape index (κ2) is 7.76. The van der Waals surface area contributed by atoms with E-state index in [9.17, 15) is 26.4 Å². The molecule has 162 valence electrons. The largest absolute Gasteiger partial charge is 0.468 e. The molecule has 3 N–H and O–H groups in total. The molecule has 2 aromatic rings. The maximum Gasteiger partial charge on any atom is 0.314 e. The number of carbonyl (C=O) groups excluding carboxylic acids is 2. The van der Waals surface area contributed by atoms with Crippen LogP contribution in [0.4, 0.5) is 0 Å². The Morgan fingerprint density at radius 3 is 2.47 bits per heavy atom.